The van der Waals surface area contributed by atoms with Gasteiger partial charge in [-0.3, -0.25) is 0 Å². The van der Waals surface area contributed by atoms with E-state index in [0.29, 0.717) is 18.0 Å². The second kappa shape index (κ2) is 5.84. The van der Waals surface area contributed by atoms with Crippen molar-refractivity contribution in [3.63, 3.8) is 0 Å². The summed E-state index contributed by atoms with van der Waals surface area (Å²) in [5.41, 5.74) is 6.35. The molecule has 0 unspecified atom stereocenters. The molecule has 0 spiro atoms. The highest BCUT2D eigenvalue weighted by Crippen LogP contribution is 2.38. The van der Waals surface area contributed by atoms with Gasteiger partial charge in [-0.2, -0.15) is 4.31 Å². The Hall–Kier alpha value is -0.910. The Balaban J connectivity index is 2.48. The molecule has 1 aliphatic carbocycles. The van der Waals surface area contributed by atoms with E-state index in [1.165, 1.54) is 0 Å². The second-order valence-electron chi connectivity index (χ2n) is 5.57. The topological polar surface area (TPSA) is 63.4 Å². The minimum absolute atomic E-state index is 0.393. The summed E-state index contributed by atoms with van der Waals surface area (Å²) in [6.45, 7) is 4.59. The van der Waals surface area contributed by atoms with Gasteiger partial charge in [-0.1, -0.05) is 38.0 Å². The van der Waals surface area contributed by atoms with E-state index >= 15 is 0 Å². The molecule has 5 heteroatoms. The molecular weight excluding hydrogens is 272 g/mol. The molecule has 2 N–H and O–H groups in total. The first-order valence-electron chi connectivity index (χ1n) is 7.26. The average Bonchev–Trinajstić information content (AvgIpc) is 2.89. The molecule has 2 rings (SSSR count). The Labute approximate surface area is 122 Å². The van der Waals surface area contributed by atoms with Crippen molar-refractivity contribution in [3.05, 3.63) is 29.8 Å². The maximum atomic E-state index is 13.0. The number of nitrogens with zero attached hydrogens (tertiary/aromatic N) is 1. The molecule has 0 saturated heterocycles. The first-order chi connectivity index (χ1) is 9.48. The third-order valence-electron chi connectivity index (χ3n) is 4.39. The monoisotopic (exact) mass is 296 g/mol. The molecule has 0 atom stereocenters. The summed E-state index contributed by atoms with van der Waals surface area (Å²) in [5, 5.41) is 0. The Kier molecular flexibility index (Phi) is 4.52. The van der Waals surface area contributed by atoms with Gasteiger partial charge in [0, 0.05) is 18.6 Å². The molecule has 0 amide bonds. The number of sulfonamides is 1. The van der Waals surface area contributed by atoms with E-state index in [1.54, 1.807) is 16.4 Å². The minimum atomic E-state index is -3.48. The fourth-order valence-corrected chi connectivity index (χ4v) is 5.38. The molecule has 0 radical (unpaired) electrons. The molecule has 0 heterocycles. The molecule has 20 heavy (non-hydrogen) atoms. The largest absolute Gasteiger partial charge is 0.329 e. The van der Waals surface area contributed by atoms with Gasteiger partial charge in [-0.25, -0.2) is 8.42 Å². The molecular formula is C15H24N2O2S. The van der Waals surface area contributed by atoms with Gasteiger partial charge in [-0.15, -0.1) is 0 Å². The number of rotatable bonds is 5. The Bertz CT molecular complexity index is 563. The second-order valence-corrected chi connectivity index (χ2v) is 7.40. The van der Waals surface area contributed by atoms with Crippen LogP contribution in [0.2, 0.25) is 0 Å². The molecule has 1 aromatic rings. The standard InChI is InChI=1S/C15H24N2O2S/c1-3-17(15(12-16)10-6-7-11-15)20(18,19)14-9-5-4-8-13(14)2/h4-5,8-9H,3,6-7,10-12,16H2,1-2H3. The summed E-state index contributed by atoms with van der Waals surface area (Å²) in [6.07, 6.45) is 3.83. The minimum Gasteiger partial charge on any atom is -0.329 e. The summed E-state index contributed by atoms with van der Waals surface area (Å²) in [5.74, 6) is 0. The molecule has 1 fully saturated rings. The van der Waals surface area contributed by atoms with Crippen molar-refractivity contribution in [3.8, 4) is 0 Å². The van der Waals surface area contributed by atoms with E-state index < -0.39 is 15.6 Å². The van der Waals surface area contributed by atoms with Crippen molar-refractivity contribution in [2.75, 3.05) is 13.1 Å². The maximum absolute atomic E-state index is 13.0. The lowest BCUT2D eigenvalue weighted by molar-refractivity contribution is 0.205. The van der Waals surface area contributed by atoms with Crippen LogP contribution in [0.3, 0.4) is 0 Å². The van der Waals surface area contributed by atoms with Crippen molar-refractivity contribution >= 4 is 10.0 Å². The molecule has 4 nitrogen and oxygen atoms in total. The fourth-order valence-electron chi connectivity index (χ4n) is 3.31. The van der Waals surface area contributed by atoms with Gasteiger partial charge in [0.15, 0.2) is 0 Å². The van der Waals surface area contributed by atoms with Crippen LogP contribution in [0, 0.1) is 6.92 Å². The van der Waals surface area contributed by atoms with Crippen molar-refractivity contribution < 1.29 is 8.42 Å². The smallest absolute Gasteiger partial charge is 0.243 e. The zero-order valence-electron chi connectivity index (χ0n) is 12.3. The van der Waals surface area contributed by atoms with Crippen LogP contribution in [0.15, 0.2) is 29.2 Å². The predicted octanol–water partition coefficient (Wildman–Crippen LogP) is 2.28. The SMILES string of the molecule is CCN(C1(CN)CCCC1)S(=O)(=O)c1ccccc1C. The van der Waals surface area contributed by atoms with Gasteiger partial charge >= 0.3 is 0 Å². The molecule has 1 aliphatic rings. The van der Waals surface area contributed by atoms with Gasteiger partial charge < -0.3 is 5.73 Å². The Morgan fingerprint density at radius 2 is 1.85 bits per heavy atom. The van der Waals surface area contributed by atoms with Crippen LogP contribution in [0.5, 0.6) is 0 Å². The predicted molar refractivity (Wildman–Crippen MR) is 81.0 cm³/mol. The number of aryl methyl sites for hydroxylation is 1. The molecule has 0 aromatic heterocycles. The maximum Gasteiger partial charge on any atom is 0.243 e. The fraction of sp³-hybridized carbons (Fsp3) is 0.600. The number of likely N-dealkylation sites (N-methyl/N-ethyl adjacent to an activating group) is 1. The van der Waals surface area contributed by atoms with Gasteiger partial charge in [0.1, 0.15) is 0 Å². The third-order valence-corrected chi connectivity index (χ3v) is 6.63. The number of nitrogens with two attached hydrogens (primary N) is 1. The average molecular weight is 296 g/mol. The lowest BCUT2D eigenvalue weighted by Crippen LogP contribution is -2.54. The quantitative estimate of drug-likeness (QED) is 0.906. The van der Waals surface area contributed by atoms with Crippen molar-refractivity contribution in [1.29, 1.82) is 0 Å². The zero-order valence-corrected chi connectivity index (χ0v) is 13.1. The van der Waals surface area contributed by atoms with Crippen molar-refractivity contribution in [1.82, 2.24) is 4.31 Å². The van der Waals surface area contributed by atoms with Crippen molar-refractivity contribution in [2.45, 2.75) is 50.0 Å². The summed E-state index contributed by atoms with van der Waals surface area (Å²) < 4.78 is 27.6. The summed E-state index contributed by atoms with van der Waals surface area (Å²) in [4.78, 5) is 0.404. The van der Waals surface area contributed by atoms with Crippen LogP contribution in [-0.4, -0.2) is 31.4 Å². The lowest BCUT2D eigenvalue weighted by atomic mass is 9.98. The molecule has 1 aromatic carbocycles. The summed E-state index contributed by atoms with van der Waals surface area (Å²) in [6, 6.07) is 7.16. The van der Waals surface area contributed by atoms with E-state index in [9.17, 15) is 8.42 Å². The first-order valence-corrected chi connectivity index (χ1v) is 8.70. The van der Waals surface area contributed by atoms with E-state index in [-0.39, 0.29) is 0 Å². The molecule has 1 saturated carbocycles. The summed E-state index contributed by atoms with van der Waals surface area (Å²) in [7, 11) is -3.48. The number of hydrogen-bond donors (Lipinski definition) is 1. The highest BCUT2D eigenvalue weighted by atomic mass is 32.2. The molecule has 112 valence electrons. The zero-order chi connectivity index (χ0) is 14.8. The lowest BCUT2D eigenvalue weighted by Gasteiger charge is -2.39. The Morgan fingerprint density at radius 3 is 2.35 bits per heavy atom. The van der Waals surface area contributed by atoms with Crippen LogP contribution in [-0.2, 0) is 10.0 Å². The van der Waals surface area contributed by atoms with E-state index in [2.05, 4.69) is 0 Å². The first kappa shape index (κ1) is 15.5. The molecule has 0 aliphatic heterocycles. The van der Waals surface area contributed by atoms with Gasteiger partial charge in [0.05, 0.1) is 4.90 Å². The normalized spacial score (nSPS) is 18.6. The highest BCUT2D eigenvalue weighted by molar-refractivity contribution is 7.89. The summed E-state index contributed by atoms with van der Waals surface area (Å²) >= 11 is 0. The van der Waals surface area contributed by atoms with Crippen molar-refractivity contribution in [2.24, 2.45) is 5.73 Å². The van der Waals surface area contributed by atoms with Gasteiger partial charge in [0.25, 0.3) is 0 Å². The number of hydrogen-bond acceptors (Lipinski definition) is 3. The highest BCUT2D eigenvalue weighted by Gasteiger charge is 2.44. The molecule has 0 bridgehead atoms. The van der Waals surface area contributed by atoms with Gasteiger partial charge in [0.2, 0.25) is 10.0 Å². The van der Waals surface area contributed by atoms with Crippen LogP contribution >= 0.6 is 0 Å². The van der Waals surface area contributed by atoms with Crippen LogP contribution in [0.1, 0.15) is 38.2 Å². The van der Waals surface area contributed by atoms with Crippen LogP contribution < -0.4 is 5.73 Å². The van der Waals surface area contributed by atoms with Crippen LogP contribution in [0.25, 0.3) is 0 Å². The third kappa shape index (κ3) is 2.50. The Morgan fingerprint density at radius 1 is 1.25 bits per heavy atom. The van der Waals surface area contributed by atoms with Crippen LogP contribution in [0.4, 0.5) is 0 Å². The van der Waals surface area contributed by atoms with E-state index in [4.69, 9.17) is 5.73 Å². The van der Waals surface area contributed by atoms with E-state index in [0.717, 1.165) is 31.2 Å². The van der Waals surface area contributed by atoms with E-state index in [1.807, 2.05) is 26.0 Å². The van der Waals surface area contributed by atoms with Gasteiger partial charge in [-0.05, 0) is 31.4 Å². The number of benzene rings is 1.